The fourth-order valence-electron chi connectivity index (χ4n) is 2.83. The van der Waals surface area contributed by atoms with Crippen LogP contribution in [0.3, 0.4) is 0 Å². The van der Waals surface area contributed by atoms with Gasteiger partial charge in [-0.05, 0) is 44.7 Å². The molecule has 3 atom stereocenters. The van der Waals surface area contributed by atoms with Crippen molar-refractivity contribution >= 4 is 0 Å². The molecule has 1 aliphatic rings. The molecular weight excluding hydrogens is 182 g/mol. The summed E-state index contributed by atoms with van der Waals surface area (Å²) >= 11 is 0. The van der Waals surface area contributed by atoms with E-state index >= 15 is 0 Å². The molecule has 0 amide bonds. The molecule has 2 rings (SSSR count). The van der Waals surface area contributed by atoms with Crippen molar-refractivity contribution in [1.29, 1.82) is 0 Å². The molecule has 1 N–H and O–H groups in total. The Morgan fingerprint density at radius 2 is 1.73 bits per heavy atom. The first kappa shape index (κ1) is 10.7. The Morgan fingerprint density at radius 1 is 1.13 bits per heavy atom. The first-order valence-corrected chi connectivity index (χ1v) is 5.87. The van der Waals surface area contributed by atoms with Gasteiger partial charge in [0.25, 0.3) is 0 Å². The van der Waals surface area contributed by atoms with Crippen molar-refractivity contribution in [3.05, 3.63) is 34.9 Å². The molecule has 1 saturated carbocycles. The highest BCUT2D eigenvalue weighted by atomic mass is 14.9. The second kappa shape index (κ2) is 3.97. The van der Waals surface area contributed by atoms with E-state index in [0.717, 1.165) is 17.9 Å². The van der Waals surface area contributed by atoms with Crippen LogP contribution in [0.1, 0.15) is 36.0 Å². The van der Waals surface area contributed by atoms with Gasteiger partial charge < -0.3 is 5.32 Å². The highest BCUT2D eigenvalue weighted by Gasteiger charge is 2.37. The van der Waals surface area contributed by atoms with Crippen LogP contribution in [-0.2, 0) is 0 Å². The third-order valence-corrected chi connectivity index (χ3v) is 3.82. The van der Waals surface area contributed by atoms with Crippen molar-refractivity contribution in [3.8, 4) is 0 Å². The molecule has 1 aliphatic carbocycles. The summed E-state index contributed by atoms with van der Waals surface area (Å²) in [6.07, 6.45) is 1.29. The van der Waals surface area contributed by atoms with Gasteiger partial charge in [-0.1, -0.05) is 36.2 Å². The van der Waals surface area contributed by atoms with E-state index in [0.29, 0.717) is 0 Å². The second-order valence-electron chi connectivity index (χ2n) is 5.02. The molecule has 1 nitrogen and oxygen atoms in total. The van der Waals surface area contributed by atoms with Crippen LogP contribution in [0.5, 0.6) is 0 Å². The molecule has 1 aromatic rings. The molecule has 0 spiro atoms. The summed E-state index contributed by atoms with van der Waals surface area (Å²) in [5.74, 6) is 1.54. The van der Waals surface area contributed by atoms with E-state index in [-0.39, 0.29) is 0 Å². The Bertz CT molecular complexity index is 336. The van der Waals surface area contributed by atoms with Crippen LogP contribution in [0.15, 0.2) is 18.2 Å². The predicted octanol–water partition coefficient (Wildman–Crippen LogP) is 3.01. The number of nitrogens with one attached hydrogen (secondary N) is 1. The van der Waals surface area contributed by atoms with Gasteiger partial charge in [0.05, 0.1) is 0 Å². The summed E-state index contributed by atoms with van der Waals surface area (Å²) in [7, 11) is 2.07. The smallest absolute Gasteiger partial charge is 0.0101 e. The van der Waals surface area contributed by atoms with E-state index in [1.165, 1.54) is 23.1 Å². The molecule has 15 heavy (non-hydrogen) atoms. The number of hydrogen-bond acceptors (Lipinski definition) is 1. The molecule has 1 heteroatoms. The van der Waals surface area contributed by atoms with Gasteiger partial charge in [-0.3, -0.25) is 0 Å². The van der Waals surface area contributed by atoms with Crippen molar-refractivity contribution in [1.82, 2.24) is 5.32 Å². The van der Waals surface area contributed by atoms with E-state index in [9.17, 15) is 0 Å². The standard InChI is InChI=1S/C14H21N/c1-9-5-10(2)7-12(6-9)13-8-14(15-4)11(13)3/h5-7,11,13-15H,8H2,1-4H3. The maximum atomic E-state index is 3.38. The summed E-state index contributed by atoms with van der Waals surface area (Å²) < 4.78 is 0. The largest absolute Gasteiger partial charge is 0.317 e. The van der Waals surface area contributed by atoms with Crippen LogP contribution in [0.2, 0.25) is 0 Å². The molecule has 0 aliphatic heterocycles. The number of aryl methyl sites for hydroxylation is 2. The Balaban J connectivity index is 2.18. The second-order valence-corrected chi connectivity index (χ2v) is 5.02. The SMILES string of the molecule is CNC1CC(c2cc(C)cc(C)c2)C1C. The molecule has 0 aromatic heterocycles. The quantitative estimate of drug-likeness (QED) is 0.779. The van der Waals surface area contributed by atoms with E-state index in [1.54, 1.807) is 0 Å². The average molecular weight is 203 g/mol. The maximum Gasteiger partial charge on any atom is 0.0101 e. The van der Waals surface area contributed by atoms with Gasteiger partial charge in [0, 0.05) is 6.04 Å². The molecule has 0 bridgehead atoms. The molecule has 82 valence electrons. The van der Waals surface area contributed by atoms with Crippen molar-refractivity contribution in [3.63, 3.8) is 0 Å². The highest BCUT2D eigenvalue weighted by molar-refractivity contribution is 5.33. The van der Waals surface area contributed by atoms with Crippen LogP contribution in [0, 0.1) is 19.8 Å². The highest BCUT2D eigenvalue weighted by Crippen LogP contribution is 2.42. The Morgan fingerprint density at radius 3 is 2.20 bits per heavy atom. The van der Waals surface area contributed by atoms with Crippen LogP contribution >= 0.6 is 0 Å². The summed E-state index contributed by atoms with van der Waals surface area (Å²) in [6.45, 7) is 6.73. The molecule has 3 unspecified atom stereocenters. The van der Waals surface area contributed by atoms with E-state index < -0.39 is 0 Å². The first-order valence-electron chi connectivity index (χ1n) is 5.87. The van der Waals surface area contributed by atoms with Gasteiger partial charge in [-0.2, -0.15) is 0 Å². The molecule has 1 fully saturated rings. The monoisotopic (exact) mass is 203 g/mol. The van der Waals surface area contributed by atoms with E-state index in [1.807, 2.05) is 0 Å². The van der Waals surface area contributed by atoms with Gasteiger partial charge in [-0.25, -0.2) is 0 Å². The van der Waals surface area contributed by atoms with Crippen molar-refractivity contribution in [2.75, 3.05) is 7.05 Å². The summed E-state index contributed by atoms with van der Waals surface area (Å²) in [5, 5.41) is 3.38. The van der Waals surface area contributed by atoms with Gasteiger partial charge >= 0.3 is 0 Å². The zero-order valence-electron chi connectivity index (χ0n) is 10.2. The van der Waals surface area contributed by atoms with Crippen LogP contribution < -0.4 is 5.32 Å². The van der Waals surface area contributed by atoms with Crippen LogP contribution in [-0.4, -0.2) is 13.1 Å². The Labute approximate surface area is 92.9 Å². The zero-order valence-corrected chi connectivity index (χ0v) is 10.2. The fraction of sp³-hybridized carbons (Fsp3) is 0.571. The molecule has 0 radical (unpaired) electrons. The van der Waals surface area contributed by atoms with Crippen molar-refractivity contribution in [2.24, 2.45) is 5.92 Å². The lowest BCUT2D eigenvalue weighted by Crippen LogP contribution is -2.46. The molecular formula is C14H21N. The number of hydrogen-bond donors (Lipinski definition) is 1. The van der Waals surface area contributed by atoms with Gasteiger partial charge in [0.2, 0.25) is 0 Å². The third-order valence-electron chi connectivity index (χ3n) is 3.82. The summed E-state index contributed by atoms with van der Waals surface area (Å²) in [4.78, 5) is 0. The van der Waals surface area contributed by atoms with Gasteiger partial charge in [-0.15, -0.1) is 0 Å². The fourth-order valence-corrected chi connectivity index (χ4v) is 2.83. The minimum Gasteiger partial charge on any atom is -0.317 e. The predicted molar refractivity (Wildman–Crippen MR) is 65.3 cm³/mol. The lowest BCUT2D eigenvalue weighted by Gasteiger charge is -2.43. The first-order chi connectivity index (χ1) is 7.11. The van der Waals surface area contributed by atoms with Crippen molar-refractivity contribution in [2.45, 2.75) is 39.2 Å². The molecule has 1 aromatic carbocycles. The minimum absolute atomic E-state index is 0.718. The lowest BCUT2D eigenvalue weighted by atomic mass is 9.67. The number of rotatable bonds is 2. The summed E-state index contributed by atoms with van der Waals surface area (Å²) in [6, 6.07) is 7.67. The Hall–Kier alpha value is -0.820. The third kappa shape index (κ3) is 1.93. The maximum absolute atomic E-state index is 3.38. The van der Waals surface area contributed by atoms with E-state index in [2.05, 4.69) is 51.3 Å². The van der Waals surface area contributed by atoms with E-state index in [4.69, 9.17) is 0 Å². The van der Waals surface area contributed by atoms with Crippen LogP contribution in [0.25, 0.3) is 0 Å². The van der Waals surface area contributed by atoms with Crippen molar-refractivity contribution < 1.29 is 0 Å². The topological polar surface area (TPSA) is 12.0 Å². The van der Waals surface area contributed by atoms with Gasteiger partial charge in [0.15, 0.2) is 0 Å². The minimum atomic E-state index is 0.718. The van der Waals surface area contributed by atoms with Gasteiger partial charge in [0.1, 0.15) is 0 Å². The summed E-state index contributed by atoms with van der Waals surface area (Å²) in [5.41, 5.74) is 4.32. The molecule has 0 saturated heterocycles. The van der Waals surface area contributed by atoms with Crippen LogP contribution in [0.4, 0.5) is 0 Å². The normalized spacial score (nSPS) is 30.0. The Kier molecular flexibility index (Phi) is 2.83. The zero-order chi connectivity index (χ0) is 11.0. The molecule has 0 heterocycles. The lowest BCUT2D eigenvalue weighted by molar-refractivity contribution is 0.194. The number of benzene rings is 1. The average Bonchev–Trinajstić information content (AvgIpc) is 2.15.